The van der Waals surface area contributed by atoms with Crippen LogP contribution in [-0.4, -0.2) is 21.6 Å². The standard InChI is InChI=1S/C22H22F2N4O2/c1-4-20(22(30)26-16-8-6-14(3)18(24)12-16)28-10-9-19(27-28)21(29)25-15-7-5-13(2)17(23)11-15/h5-12,20H,4H2,1-3H3,(H,25,29)(H,26,30)/t20-/m0/s1. The van der Waals surface area contributed by atoms with Crippen molar-refractivity contribution in [3.63, 3.8) is 0 Å². The second-order valence-corrected chi connectivity index (χ2v) is 6.98. The molecule has 2 N–H and O–H groups in total. The van der Waals surface area contributed by atoms with E-state index in [1.807, 2.05) is 0 Å². The quantitative estimate of drug-likeness (QED) is 0.620. The summed E-state index contributed by atoms with van der Waals surface area (Å²) in [6.45, 7) is 5.07. The average Bonchev–Trinajstić information content (AvgIpc) is 3.18. The molecule has 8 heteroatoms. The number of aryl methyl sites for hydroxylation is 2. The van der Waals surface area contributed by atoms with Crippen molar-refractivity contribution in [2.75, 3.05) is 10.6 Å². The summed E-state index contributed by atoms with van der Waals surface area (Å²) in [5.74, 6) is -1.73. The lowest BCUT2D eigenvalue weighted by molar-refractivity contribution is -0.119. The third kappa shape index (κ3) is 4.71. The number of amides is 2. The minimum Gasteiger partial charge on any atom is -0.324 e. The summed E-state index contributed by atoms with van der Waals surface area (Å²) in [5, 5.41) is 9.44. The van der Waals surface area contributed by atoms with E-state index in [-0.39, 0.29) is 11.6 Å². The van der Waals surface area contributed by atoms with E-state index >= 15 is 0 Å². The Balaban J connectivity index is 1.71. The van der Waals surface area contributed by atoms with Gasteiger partial charge in [0.05, 0.1) is 0 Å². The van der Waals surface area contributed by atoms with Crippen LogP contribution in [0.25, 0.3) is 0 Å². The van der Waals surface area contributed by atoms with Gasteiger partial charge in [-0.1, -0.05) is 19.1 Å². The maximum atomic E-state index is 13.7. The first-order valence-corrected chi connectivity index (χ1v) is 9.48. The van der Waals surface area contributed by atoms with Crippen LogP contribution < -0.4 is 10.6 Å². The molecule has 3 rings (SSSR count). The van der Waals surface area contributed by atoms with Gasteiger partial charge in [0.1, 0.15) is 17.7 Å². The van der Waals surface area contributed by atoms with Crippen LogP contribution in [0.2, 0.25) is 0 Å². The first kappa shape index (κ1) is 21.2. The van der Waals surface area contributed by atoms with Gasteiger partial charge in [-0.05, 0) is 61.7 Å². The Morgan fingerprint density at radius 3 is 2.07 bits per heavy atom. The van der Waals surface area contributed by atoms with Gasteiger partial charge >= 0.3 is 0 Å². The molecule has 1 aromatic heterocycles. The normalized spacial score (nSPS) is 11.8. The molecule has 1 heterocycles. The van der Waals surface area contributed by atoms with Crippen LogP contribution in [0.4, 0.5) is 20.2 Å². The molecule has 30 heavy (non-hydrogen) atoms. The van der Waals surface area contributed by atoms with E-state index in [9.17, 15) is 18.4 Å². The van der Waals surface area contributed by atoms with Gasteiger partial charge in [-0.2, -0.15) is 5.10 Å². The second-order valence-electron chi connectivity index (χ2n) is 6.98. The van der Waals surface area contributed by atoms with Gasteiger partial charge in [0.25, 0.3) is 5.91 Å². The molecule has 0 spiro atoms. The molecule has 1 atom stereocenters. The molecule has 0 saturated heterocycles. The van der Waals surface area contributed by atoms with E-state index in [1.165, 1.54) is 29.1 Å². The number of aromatic nitrogens is 2. The molecular weight excluding hydrogens is 390 g/mol. The lowest BCUT2D eigenvalue weighted by atomic mass is 10.2. The van der Waals surface area contributed by atoms with Gasteiger partial charge in [0, 0.05) is 17.6 Å². The largest absolute Gasteiger partial charge is 0.324 e. The number of carbonyl (C=O) groups is 2. The molecule has 2 amide bonds. The third-order valence-corrected chi connectivity index (χ3v) is 4.72. The highest BCUT2D eigenvalue weighted by atomic mass is 19.1. The van der Waals surface area contributed by atoms with Gasteiger partial charge in [0.2, 0.25) is 5.91 Å². The molecule has 0 aliphatic heterocycles. The molecule has 0 fully saturated rings. The summed E-state index contributed by atoms with van der Waals surface area (Å²) >= 11 is 0. The zero-order valence-corrected chi connectivity index (χ0v) is 16.9. The molecule has 0 bridgehead atoms. The Morgan fingerprint density at radius 2 is 1.53 bits per heavy atom. The molecular formula is C22H22F2N4O2. The number of carbonyl (C=O) groups excluding carboxylic acids is 2. The Morgan fingerprint density at radius 1 is 0.967 bits per heavy atom. The van der Waals surface area contributed by atoms with Crippen molar-refractivity contribution in [2.24, 2.45) is 0 Å². The fraction of sp³-hybridized carbons (Fsp3) is 0.227. The van der Waals surface area contributed by atoms with Crippen molar-refractivity contribution in [2.45, 2.75) is 33.2 Å². The first-order valence-electron chi connectivity index (χ1n) is 9.48. The molecule has 156 valence electrons. The van der Waals surface area contributed by atoms with Crippen molar-refractivity contribution < 1.29 is 18.4 Å². The molecule has 6 nitrogen and oxygen atoms in total. The van der Waals surface area contributed by atoms with E-state index in [2.05, 4.69) is 15.7 Å². The van der Waals surface area contributed by atoms with Crippen molar-refractivity contribution in [3.05, 3.63) is 77.1 Å². The number of nitrogens with zero attached hydrogens (tertiary/aromatic N) is 2. The van der Waals surface area contributed by atoms with Crippen molar-refractivity contribution in [1.82, 2.24) is 9.78 Å². The summed E-state index contributed by atoms with van der Waals surface area (Å²) < 4.78 is 28.8. The number of nitrogens with one attached hydrogen (secondary N) is 2. The first-order chi connectivity index (χ1) is 14.3. The predicted octanol–water partition coefficient (Wildman–Crippen LogP) is 4.62. The van der Waals surface area contributed by atoms with Gasteiger partial charge in [-0.3, -0.25) is 14.3 Å². The molecule has 3 aromatic rings. The highest BCUT2D eigenvalue weighted by molar-refractivity contribution is 6.02. The molecule has 0 aliphatic carbocycles. The van der Waals surface area contributed by atoms with E-state index in [0.717, 1.165) is 0 Å². The van der Waals surface area contributed by atoms with E-state index in [0.29, 0.717) is 28.9 Å². The second kappa shape index (κ2) is 8.86. The van der Waals surface area contributed by atoms with Gasteiger partial charge in [-0.25, -0.2) is 8.78 Å². The van der Waals surface area contributed by atoms with E-state index in [1.54, 1.807) is 45.0 Å². The van der Waals surface area contributed by atoms with E-state index < -0.39 is 23.6 Å². The lowest BCUT2D eigenvalue weighted by Gasteiger charge is -2.16. The zero-order valence-electron chi connectivity index (χ0n) is 16.9. The fourth-order valence-electron chi connectivity index (χ4n) is 2.89. The number of hydrogen-bond acceptors (Lipinski definition) is 3. The van der Waals surface area contributed by atoms with Crippen LogP contribution in [0.1, 0.15) is 41.0 Å². The summed E-state index contributed by atoms with van der Waals surface area (Å²) in [6, 6.07) is 9.62. The third-order valence-electron chi connectivity index (χ3n) is 4.72. The lowest BCUT2D eigenvalue weighted by Crippen LogP contribution is -2.26. The van der Waals surface area contributed by atoms with Crippen molar-refractivity contribution in [1.29, 1.82) is 0 Å². The molecule has 0 unspecified atom stereocenters. The highest BCUT2D eigenvalue weighted by Crippen LogP contribution is 2.19. The minimum atomic E-state index is -0.687. The number of hydrogen-bond donors (Lipinski definition) is 2. The van der Waals surface area contributed by atoms with Crippen molar-refractivity contribution >= 4 is 23.2 Å². The summed E-state index contributed by atoms with van der Waals surface area (Å²) in [6.07, 6.45) is 1.93. The SMILES string of the molecule is CC[C@@H](C(=O)Nc1ccc(C)c(F)c1)n1ccc(C(=O)Nc2ccc(C)c(F)c2)n1. The Kier molecular flexibility index (Phi) is 6.25. The van der Waals surface area contributed by atoms with Crippen LogP contribution >= 0.6 is 0 Å². The van der Waals surface area contributed by atoms with Crippen LogP contribution in [0, 0.1) is 25.5 Å². The topological polar surface area (TPSA) is 76.0 Å². The fourth-order valence-corrected chi connectivity index (χ4v) is 2.89. The minimum absolute atomic E-state index is 0.0867. The van der Waals surface area contributed by atoms with Crippen molar-refractivity contribution in [3.8, 4) is 0 Å². The monoisotopic (exact) mass is 412 g/mol. The molecule has 2 aromatic carbocycles. The van der Waals surface area contributed by atoms with Gasteiger partial charge < -0.3 is 10.6 Å². The Bertz CT molecular complexity index is 1090. The van der Waals surface area contributed by atoms with Crippen LogP contribution in [0.15, 0.2) is 48.7 Å². The number of halogens is 2. The maximum Gasteiger partial charge on any atom is 0.276 e. The molecule has 0 aliphatic rings. The summed E-state index contributed by atoms with van der Waals surface area (Å²) in [7, 11) is 0. The Hall–Kier alpha value is -3.55. The number of rotatable bonds is 6. The smallest absolute Gasteiger partial charge is 0.276 e. The maximum absolute atomic E-state index is 13.7. The molecule has 0 saturated carbocycles. The summed E-state index contributed by atoms with van der Waals surface area (Å²) in [5.41, 5.74) is 1.69. The average molecular weight is 412 g/mol. The highest BCUT2D eigenvalue weighted by Gasteiger charge is 2.21. The number of benzene rings is 2. The van der Waals surface area contributed by atoms with E-state index in [4.69, 9.17) is 0 Å². The zero-order chi connectivity index (χ0) is 21.8. The van der Waals surface area contributed by atoms with Crippen LogP contribution in [0.3, 0.4) is 0 Å². The van der Waals surface area contributed by atoms with Crippen LogP contribution in [0.5, 0.6) is 0 Å². The van der Waals surface area contributed by atoms with Crippen LogP contribution in [-0.2, 0) is 4.79 Å². The summed E-state index contributed by atoms with van der Waals surface area (Å²) in [4.78, 5) is 25.1. The predicted molar refractivity (Wildman–Crippen MR) is 110 cm³/mol. The number of anilines is 2. The Labute approximate surface area is 172 Å². The van der Waals surface area contributed by atoms with Gasteiger partial charge in [-0.15, -0.1) is 0 Å². The molecule has 0 radical (unpaired) electrons. The van der Waals surface area contributed by atoms with Gasteiger partial charge in [0.15, 0.2) is 5.69 Å².